The number of hydrogen-bond donors (Lipinski definition) is 0. The van der Waals surface area contributed by atoms with Crippen LogP contribution in [0, 0.1) is 26.0 Å². The summed E-state index contributed by atoms with van der Waals surface area (Å²) < 4.78 is 1.45. The fraction of sp³-hybridized carbons (Fsp3) is 0.293. The van der Waals surface area contributed by atoms with Gasteiger partial charge in [0.05, 0.1) is 0 Å². The van der Waals surface area contributed by atoms with Crippen LogP contribution in [0.5, 0.6) is 0 Å². The molecule has 0 aromatic heterocycles. The molecule has 44 heavy (non-hydrogen) atoms. The fourth-order valence-electron chi connectivity index (χ4n) is 5.31. The molecule has 0 saturated carbocycles. The van der Waals surface area contributed by atoms with E-state index < -0.39 is 0 Å². The maximum atomic E-state index is 3.45. The molecule has 0 amide bonds. The second kappa shape index (κ2) is 19.9. The van der Waals surface area contributed by atoms with Gasteiger partial charge in [-0.05, 0) is 18.9 Å². The molecule has 0 saturated heterocycles. The van der Waals surface area contributed by atoms with Crippen molar-refractivity contribution in [2.45, 2.75) is 79.1 Å². The van der Waals surface area contributed by atoms with Crippen molar-refractivity contribution in [3.05, 3.63) is 154 Å². The minimum absolute atomic E-state index is 0. The molecule has 0 bridgehead atoms. The van der Waals surface area contributed by atoms with Crippen LogP contribution in [0.15, 0.2) is 97.1 Å². The molecule has 6 rings (SSSR count). The SMILES string of the molecule is CCCCc1ccc([C](=[Zr+2])c2ccc(CCCC)cc2)cc1.Cc1[c-]c2c(cc1)-c1ccc(C)cc1C2.[C-]1=CC=CC1.[Cl-].[Cl-]. The summed E-state index contributed by atoms with van der Waals surface area (Å²) in [5.41, 5.74) is 13.8. The monoisotopic (exact) mass is 696 g/mol. The molecule has 2 aliphatic carbocycles. The second-order valence-corrected chi connectivity index (χ2v) is 12.6. The van der Waals surface area contributed by atoms with E-state index >= 15 is 0 Å². The number of fused-ring (bicyclic) bond motifs is 3. The minimum Gasteiger partial charge on any atom is -1.00 e. The number of aryl methyl sites for hydroxylation is 4. The molecular formula is C41H44Cl2Zr-2. The molecule has 0 spiro atoms. The summed E-state index contributed by atoms with van der Waals surface area (Å²) in [7, 11) is 0. The normalized spacial score (nSPS) is 11.6. The predicted molar refractivity (Wildman–Crippen MR) is 178 cm³/mol. The Morgan fingerprint density at radius 1 is 0.727 bits per heavy atom. The Hall–Kier alpha value is -2.31. The van der Waals surface area contributed by atoms with Crippen LogP contribution in [0.4, 0.5) is 0 Å². The number of allylic oxidation sites excluding steroid dienone is 4. The summed E-state index contributed by atoms with van der Waals surface area (Å²) >= 11 is 1.48. The molecule has 4 aromatic carbocycles. The zero-order chi connectivity index (χ0) is 29.7. The fourth-order valence-corrected chi connectivity index (χ4v) is 6.13. The van der Waals surface area contributed by atoms with Crippen LogP contribution < -0.4 is 24.8 Å². The van der Waals surface area contributed by atoms with E-state index in [1.807, 2.05) is 12.2 Å². The Kier molecular flexibility index (Phi) is 17.2. The molecule has 0 unspecified atom stereocenters. The summed E-state index contributed by atoms with van der Waals surface area (Å²) in [6.07, 6.45) is 18.6. The third-order valence-corrected chi connectivity index (χ3v) is 9.22. The largest absolute Gasteiger partial charge is 1.00 e. The zero-order valence-electron chi connectivity index (χ0n) is 26.7. The van der Waals surface area contributed by atoms with Gasteiger partial charge in [-0.2, -0.15) is 29.8 Å². The van der Waals surface area contributed by atoms with Crippen molar-refractivity contribution in [2.24, 2.45) is 0 Å². The van der Waals surface area contributed by atoms with E-state index in [4.69, 9.17) is 0 Å². The molecule has 0 atom stereocenters. The first-order valence-electron chi connectivity index (χ1n) is 15.6. The van der Waals surface area contributed by atoms with Crippen LogP contribution >= 0.6 is 0 Å². The summed E-state index contributed by atoms with van der Waals surface area (Å²) in [6.45, 7) is 8.76. The first-order chi connectivity index (χ1) is 20.5. The van der Waals surface area contributed by atoms with Gasteiger partial charge in [0.2, 0.25) is 0 Å². The number of unbranched alkanes of at least 4 members (excludes halogenated alkanes) is 2. The van der Waals surface area contributed by atoms with Crippen molar-refractivity contribution in [1.29, 1.82) is 0 Å². The maximum Gasteiger partial charge on any atom is -0.0253 e. The van der Waals surface area contributed by atoms with Crippen molar-refractivity contribution in [3.63, 3.8) is 0 Å². The third kappa shape index (κ3) is 11.2. The van der Waals surface area contributed by atoms with Gasteiger partial charge in [0.15, 0.2) is 0 Å². The van der Waals surface area contributed by atoms with E-state index in [-0.39, 0.29) is 24.8 Å². The Labute approximate surface area is 294 Å². The van der Waals surface area contributed by atoms with E-state index in [1.54, 1.807) is 0 Å². The number of hydrogen-bond acceptors (Lipinski definition) is 0. The van der Waals surface area contributed by atoms with Gasteiger partial charge in [-0.25, -0.2) is 12.2 Å². The summed E-state index contributed by atoms with van der Waals surface area (Å²) in [4.78, 5) is 0. The van der Waals surface area contributed by atoms with Gasteiger partial charge >= 0.3 is 151 Å². The standard InChI is InChI=1S/C21H26.C15H13.C5H5.2ClH.Zr/c1-3-5-7-18-9-13-20(14-10-18)17-21-15-11-19(12-16-21)8-6-4-2;1-10-3-5-14-12(7-10)9-13-8-11(2)4-6-15(13)14;1-2-4-5-3-1;;;/h9-16H,3-8H2,1-2H3;3-7H,9H2,1-2H3;1-3H,4H2;2*1H;/q;2*-1;;;+2/p-2. The summed E-state index contributed by atoms with van der Waals surface area (Å²) in [5, 5.41) is 0. The Morgan fingerprint density at radius 3 is 1.77 bits per heavy atom. The van der Waals surface area contributed by atoms with Crippen LogP contribution in [-0.2, 0) is 43.5 Å². The van der Waals surface area contributed by atoms with Crippen molar-refractivity contribution in [1.82, 2.24) is 0 Å². The topological polar surface area (TPSA) is 0 Å². The van der Waals surface area contributed by atoms with E-state index in [2.05, 4.69) is 125 Å². The summed E-state index contributed by atoms with van der Waals surface area (Å²) in [6, 6.07) is 32.9. The molecule has 0 radical (unpaired) electrons. The van der Waals surface area contributed by atoms with E-state index in [9.17, 15) is 0 Å². The van der Waals surface area contributed by atoms with Crippen molar-refractivity contribution >= 4 is 3.21 Å². The minimum atomic E-state index is 0. The van der Waals surface area contributed by atoms with Crippen LogP contribution in [-0.4, -0.2) is 3.21 Å². The van der Waals surface area contributed by atoms with Crippen LogP contribution in [0.2, 0.25) is 0 Å². The molecule has 228 valence electrons. The Bertz CT molecular complexity index is 1400. The first-order valence-corrected chi connectivity index (χ1v) is 16.8. The molecule has 3 heteroatoms. The predicted octanol–water partition coefficient (Wildman–Crippen LogP) is 4.48. The van der Waals surface area contributed by atoms with Gasteiger partial charge in [0, 0.05) is 0 Å². The van der Waals surface area contributed by atoms with Crippen molar-refractivity contribution < 1.29 is 49.0 Å². The zero-order valence-corrected chi connectivity index (χ0v) is 30.6. The van der Waals surface area contributed by atoms with Crippen LogP contribution in [0.25, 0.3) is 11.1 Å². The Balaban J connectivity index is 0.000000264. The molecule has 0 nitrogen and oxygen atoms in total. The molecule has 0 heterocycles. The van der Waals surface area contributed by atoms with Gasteiger partial charge in [0.1, 0.15) is 0 Å². The molecule has 2 aliphatic rings. The van der Waals surface area contributed by atoms with Gasteiger partial charge in [-0.15, -0.1) is 17.5 Å². The average molecular weight is 699 g/mol. The van der Waals surface area contributed by atoms with E-state index in [0.29, 0.717) is 0 Å². The third-order valence-electron chi connectivity index (χ3n) is 7.80. The van der Waals surface area contributed by atoms with Gasteiger partial charge in [-0.1, -0.05) is 36.2 Å². The van der Waals surface area contributed by atoms with Gasteiger partial charge < -0.3 is 24.8 Å². The smallest absolute Gasteiger partial charge is 0.0253 e. The number of rotatable bonds is 8. The van der Waals surface area contributed by atoms with Crippen LogP contribution in [0.1, 0.15) is 90.5 Å². The van der Waals surface area contributed by atoms with Crippen LogP contribution in [0.3, 0.4) is 0 Å². The molecule has 4 aromatic rings. The molecule has 0 fully saturated rings. The van der Waals surface area contributed by atoms with Crippen molar-refractivity contribution in [3.8, 4) is 11.1 Å². The quantitative estimate of drug-likeness (QED) is 0.210. The molecule has 0 N–H and O–H groups in total. The Morgan fingerprint density at radius 2 is 1.30 bits per heavy atom. The van der Waals surface area contributed by atoms with Gasteiger partial charge in [0.25, 0.3) is 0 Å². The first kappa shape index (κ1) is 37.9. The molecular weight excluding hydrogens is 655 g/mol. The van der Waals surface area contributed by atoms with E-state index in [1.165, 1.54) is 122 Å². The average Bonchev–Trinajstić information content (AvgIpc) is 3.71. The molecule has 0 aliphatic heterocycles. The number of halogens is 2. The summed E-state index contributed by atoms with van der Waals surface area (Å²) in [5.74, 6) is 0. The second-order valence-electron chi connectivity index (χ2n) is 11.3. The van der Waals surface area contributed by atoms with E-state index in [0.717, 1.165) is 12.8 Å². The van der Waals surface area contributed by atoms with Gasteiger partial charge in [-0.3, -0.25) is 6.08 Å². The number of benzene rings is 4. The maximum absolute atomic E-state index is 3.45. The van der Waals surface area contributed by atoms with Crippen molar-refractivity contribution in [2.75, 3.05) is 0 Å².